The van der Waals surface area contributed by atoms with Crippen LogP contribution in [0, 0.1) is 5.92 Å². The molecule has 2 N–H and O–H groups in total. The van der Waals surface area contributed by atoms with Crippen molar-refractivity contribution < 1.29 is 0 Å². The van der Waals surface area contributed by atoms with Crippen LogP contribution in [0.25, 0.3) is 0 Å². The molecule has 2 heteroatoms. The van der Waals surface area contributed by atoms with Crippen molar-refractivity contribution in [3.8, 4) is 0 Å². The minimum absolute atomic E-state index is 0.630. The highest BCUT2D eigenvalue weighted by atomic mass is 79.9. The molecule has 0 fully saturated rings. The molecule has 108 valence electrons. The SMILES string of the molecule is CCCCCCCCC(CN)Cc1ccccc1Br. The smallest absolute Gasteiger partial charge is 0.0207 e. The van der Waals surface area contributed by atoms with Gasteiger partial charge in [0.15, 0.2) is 0 Å². The first kappa shape index (κ1) is 16.7. The van der Waals surface area contributed by atoms with Crippen LogP contribution in [0.2, 0.25) is 0 Å². The Kier molecular flexibility index (Phi) is 9.19. The van der Waals surface area contributed by atoms with Crippen molar-refractivity contribution in [1.82, 2.24) is 0 Å². The van der Waals surface area contributed by atoms with E-state index in [0.717, 1.165) is 13.0 Å². The number of nitrogens with two attached hydrogens (primary N) is 1. The summed E-state index contributed by atoms with van der Waals surface area (Å²) in [5.74, 6) is 0.630. The van der Waals surface area contributed by atoms with Crippen molar-refractivity contribution in [3.05, 3.63) is 34.3 Å². The highest BCUT2D eigenvalue weighted by Crippen LogP contribution is 2.22. The Bertz CT molecular complexity index is 338. The summed E-state index contributed by atoms with van der Waals surface area (Å²) in [6.45, 7) is 3.07. The van der Waals surface area contributed by atoms with Crippen LogP contribution in [-0.4, -0.2) is 6.54 Å². The van der Waals surface area contributed by atoms with Crippen molar-refractivity contribution in [3.63, 3.8) is 0 Å². The maximum absolute atomic E-state index is 5.92. The second kappa shape index (κ2) is 10.4. The fourth-order valence-corrected chi connectivity index (χ4v) is 2.94. The van der Waals surface area contributed by atoms with Crippen molar-refractivity contribution in [2.75, 3.05) is 6.54 Å². The molecule has 0 heterocycles. The summed E-state index contributed by atoms with van der Waals surface area (Å²) in [4.78, 5) is 0. The quantitative estimate of drug-likeness (QED) is 0.579. The molecule has 1 aromatic carbocycles. The molecular weight excluding hydrogens is 298 g/mol. The van der Waals surface area contributed by atoms with Crippen LogP contribution >= 0.6 is 15.9 Å². The first-order valence-corrected chi connectivity index (χ1v) is 8.50. The van der Waals surface area contributed by atoms with Gasteiger partial charge in [0, 0.05) is 4.47 Å². The van der Waals surface area contributed by atoms with Gasteiger partial charge in [0.1, 0.15) is 0 Å². The van der Waals surface area contributed by atoms with Gasteiger partial charge in [-0.2, -0.15) is 0 Å². The van der Waals surface area contributed by atoms with Crippen LogP contribution in [0.1, 0.15) is 57.4 Å². The summed E-state index contributed by atoms with van der Waals surface area (Å²) in [5, 5.41) is 0. The van der Waals surface area contributed by atoms with E-state index < -0.39 is 0 Å². The molecule has 0 aromatic heterocycles. The van der Waals surface area contributed by atoms with Crippen LogP contribution in [0.5, 0.6) is 0 Å². The zero-order valence-corrected chi connectivity index (χ0v) is 13.8. The summed E-state index contributed by atoms with van der Waals surface area (Å²) in [7, 11) is 0. The van der Waals surface area contributed by atoms with E-state index in [0.29, 0.717) is 5.92 Å². The Morgan fingerprint density at radius 1 is 1.05 bits per heavy atom. The van der Waals surface area contributed by atoms with E-state index in [1.165, 1.54) is 55.0 Å². The van der Waals surface area contributed by atoms with Gasteiger partial charge in [-0.1, -0.05) is 79.6 Å². The zero-order valence-electron chi connectivity index (χ0n) is 12.2. The molecule has 1 rings (SSSR count). The normalized spacial score (nSPS) is 12.6. The van der Waals surface area contributed by atoms with Crippen LogP contribution in [0.3, 0.4) is 0 Å². The third kappa shape index (κ3) is 7.12. The third-order valence-corrected chi connectivity index (χ3v) is 4.54. The lowest BCUT2D eigenvalue weighted by atomic mass is 9.93. The van der Waals surface area contributed by atoms with Crippen LogP contribution in [0.4, 0.5) is 0 Å². The van der Waals surface area contributed by atoms with E-state index in [4.69, 9.17) is 5.73 Å². The number of benzene rings is 1. The number of halogens is 1. The van der Waals surface area contributed by atoms with Gasteiger partial charge in [0.25, 0.3) is 0 Å². The predicted molar refractivity (Wildman–Crippen MR) is 88.4 cm³/mol. The maximum Gasteiger partial charge on any atom is 0.0207 e. The number of rotatable bonds is 10. The Hall–Kier alpha value is -0.340. The van der Waals surface area contributed by atoms with Gasteiger partial charge in [-0.15, -0.1) is 0 Å². The van der Waals surface area contributed by atoms with E-state index in [1.54, 1.807) is 0 Å². The first-order valence-electron chi connectivity index (χ1n) is 7.71. The molecule has 0 saturated heterocycles. The molecular formula is C17H28BrN. The lowest BCUT2D eigenvalue weighted by Gasteiger charge is -2.15. The lowest BCUT2D eigenvalue weighted by Crippen LogP contribution is -2.17. The molecule has 1 aromatic rings. The van der Waals surface area contributed by atoms with Gasteiger partial charge < -0.3 is 5.73 Å². The van der Waals surface area contributed by atoms with E-state index in [2.05, 4.69) is 47.1 Å². The molecule has 0 aliphatic rings. The Labute approximate surface area is 127 Å². The lowest BCUT2D eigenvalue weighted by molar-refractivity contribution is 0.456. The minimum Gasteiger partial charge on any atom is -0.330 e. The van der Waals surface area contributed by atoms with Gasteiger partial charge in [-0.25, -0.2) is 0 Å². The molecule has 19 heavy (non-hydrogen) atoms. The van der Waals surface area contributed by atoms with Crippen LogP contribution < -0.4 is 5.73 Å². The third-order valence-electron chi connectivity index (χ3n) is 3.77. The molecule has 1 nitrogen and oxygen atoms in total. The van der Waals surface area contributed by atoms with Gasteiger partial charge in [0.05, 0.1) is 0 Å². The fourth-order valence-electron chi connectivity index (χ4n) is 2.49. The van der Waals surface area contributed by atoms with Crippen LogP contribution in [-0.2, 0) is 6.42 Å². The molecule has 0 aliphatic heterocycles. The summed E-state index contributed by atoms with van der Waals surface area (Å²) < 4.78 is 1.22. The summed E-state index contributed by atoms with van der Waals surface area (Å²) in [5.41, 5.74) is 7.31. The summed E-state index contributed by atoms with van der Waals surface area (Å²) in [6.07, 6.45) is 10.6. The van der Waals surface area contributed by atoms with Gasteiger partial charge in [0.2, 0.25) is 0 Å². The Balaban J connectivity index is 2.24. The molecule has 1 unspecified atom stereocenters. The van der Waals surface area contributed by atoms with Gasteiger partial charge in [-0.05, 0) is 36.9 Å². The predicted octanol–water partition coefficient (Wildman–Crippen LogP) is 5.32. The second-order valence-corrected chi connectivity index (χ2v) is 6.31. The van der Waals surface area contributed by atoms with E-state index in [1.807, 2.05) is 0 Å². The van der Waals surface area contributed by atoms with Crippen molar-refractivity contribution in [2.45, 2.75) is 58.3 Å². The minimum atomic E-state index is 0.630. The van der Waals surface area contributed by atoms with Crippen LogP contribution in [0.15, 0.2) is 28.7 Å². The molecule has 0 aliphatic carbocycles. The topological polar surface area (TPSA) is 26.0 Å². The number of hydrogen-bond donors (Lipinski definition) is 1. The number of unbranched alkanes of at least 4 members (excludes halogenated alkanes) is 5. The number of hydrogen-bond acceptors (Lipinski definition) is 1. The molecule has 0 saturated carbocycles. The zero-order chi connectivity index (χ0) is 13.9. The highest BCUT2D eigenvalue weighted by molar-refractivity contribution is 9.10. The molecule has 0 radical (unpaired) electrons. The summed E-state index contributed by atoms with van der Waals surface area (Å²) >= 11 is 3.62. The average Bonchev–Trinajstić information content (AvgIpc) is 2.43. The van der Waals surface area contributed by atoms with E-state index in [-0.39, 0.29) is 0 Å². The monoisotopic (exact) mass is 325 g/mol. The van der Waals surface area contributed by atoms with Gasteiger partial charge >= 0.3 is 0 Å². The van der Waals surface area contributed by atoms with E-state index >= 15 is 0 Å². The van der Waals surface area contributed by atoms with Crippen molar-refractivity contribution in [2.24, 2.45) is 11.7 Å². The molecule has 0 amide bonds. The average molecular weight is 326 g/mol. The highest BCUT2D eigenvalue weighted by Gasteiger charge is 2.09. The fraction of sp³-hybridized carbons (Fsp3) is 0.647. The molecule has 0 spiro atoms. The standard InChI is InChI=1S/C17H28BrN/c1-2-3-4-5-6-7-10-15(14-19)13-16-11-8-9-12-17(16)18/h8-9,11-12,15H,2-7,10,13-14,19H2,1H3. The first-order chi connectivity index (χ1) is 9.27. The molecule has 0 bridgehead atoms. The summed E-state index contributed by atoms with van der Waals surface area (Å²) in [6, 6.07) is 8.50. The second-order valence-electron chi connectivity index (χ2n) is 5.45. The molecule has 1 atom stereocenters. The van der Waals surface area contributed by atoms with Crippen molar-refractivity contribution >= 4 is 15.9 Å². The Morgan fingerprint density at radius 2 is 1.74 bits per heavy atom. The van der Waals surface area contributed by atoms with Crippen molar-refractivity contribution in [1.29, 1.82) is 0 Å². The largest absolute Gasteiger partial charge is 0.330 e. The van der Waals surface area contributed by atoms with Gasteiger partial charge in [-0.3, -0.25) is 0 Å². The maximum atomic E-state index is 5.92. The van der Waals surface area contributed by atoms with E-state index in [9.17, 15) is 0 Å². The Morgan fingerprint density at radius 3 is 2.42 bits per heavy atom.